The molecule has 0 unspecified atom stereocenters. The van der Waals surface area contributed by atoms with Gasteiger partial charge in [0.15, 0.2) is 5.75 Å². The molecule has 0 saturated carbocycles. The largest absolute Gasteiger partial charge is 2.00 e. The van der Waals surface area contributed by atoms with Gasteiger partial charge in [0.05, 0.1) is 23.7 Å². The molecule has 0 spiro atoms. The van der Waals surface area contributed by atoms with Crippen molar-refractivity contribution < 1.29 is 38.1 Å². The second-order valence-corrected chi connectivity index (χ2v) is 22.0. The summed E-state index contributed by atoms with van der Waals surface area (Å²) in [4.78, 5) is 0. The van der Waals surface area contributed by atoms with Crippen molar-refractivity contribution in [3.05, 3.63) is 107 Å². The van der Waals surface area contributed by atoms with Gasteiger partial charge in [-0.3, -0.25) is 4.55 Å². The molecule has 0 fully saturated rings. The summed E-state index contributed by atoms with van der Waals surface area (Å²) in [6.07, 6.45) is 0.715. The second-order valence-electron chi connectivity index (χ2n) is 16.3. The van der Waals surface area contributed by atoms with E-state index in [2.05, 4.69) is 120 Å². The first kappa shape index (κ1) is 50.5. The van der Waals surface area contributed by atoms with Gasteiger partial charge in [-0.1, -0.05) is 91.4 Å². The molecule has 296 valence electrons. The summed E-state index contributed by atoms with van der Waals surface area (Å²) in [5.41, 5.74) is 18.8. The van der Waals surface area contributed by atoms with E-state index in [0.29, 0.717) is 29.7 Å². The van der Waals surface area contributed by atoms with Gasteiger partial charge in [-0.25, -0.2) is 0 Å². The number of aryl methyl sites for hydroxylation is 1. The first-order valence-corrected chi connectivity index (χ1v) is 21.2. The van der Waals surface area contributed by atoms with E-state index >= 15 is 0 Å². The van der Waals surface area contributed by atoms with E-state index in [-0.39, 0.29) is 38.2 Å². The van der Waals surface area contributed by atoms with Gasteiger partial charge in [0.1, 0.15) is 5.30 Å². The van der Waals surface area contributed by atoms with Crippen molar-refractivity contribution in [2.75, 3.05) is 13.4 Å². The van der Waals surface area contributed by atoms with Gasteiger partial charge in [0.2, 0.25) is 0 Å². The van der Waals surface area contributed by atoms with Crippen LogP contribution in [0.25, 0.3) is 28.0 Å². The molecule has 4 aromatic carbocycles. The molecular formula is C45H67NO4PPdS+. The Kier molecular flexibility index (Phi) is 20.0. The maximum absolute atomic E-state index is 9.19. The molecule has 8 heteroatoms. The Hall–Kier alpha value is -2.52. The molecule has 0 atom stereocenters. The summed E-state index contributed by atoms with van der Waals surface area (Å²) in [5.74, 6) is 2.49. The van der Waals surface area contributed by atoms with E-state index < -0.39 is 18.0 Å². The zero-order valence-electron chi connectivity index (χ0n) is 34.1. The van der Waals surface area contributed by atoms with E-state index in [0.717, 1.165) is 16.9 Å². The first-order chi connectivity index (χ1) is 23.4. The Bertz CT molecular complexity index is 1790. The number of hydrogen-bond donors (Lipinski definition) is 1. The molecule has 0 aliphatic rings. The van der Waals surface area contributed by atoms with Gasteiger partial charge in [0.25, 0.3) is 10.1 Å². The number of hydrogen-bond acceptors (Lipinski definition) is 3. The van der Waals surface area contributed by atoms with Crippen LogP contribution < -0.4 is 10.0 Å². The molecule has 4 aromatic rings. The van der Waals surface area contributed by atoms with Gasteiger partial charge in [0, 0.05) is 13.5 Å². The predicted molar refractivity (Wildman–Crippen MR) is 232 cm³/mol. The van der Waals surface area contributed by atoms with Crippen LogP contribution in [0.3, 0.4) is 0 Å². The molecule has 2 N–H and O–H groups in total. The fourth-order valence-corrected chi connectivity index (χ4v) is 11.6. The van der Waals surface area contributed by atoms with Crippen molar-refractivity contribution in [1.29, 1.82) is 0 Å². The summed E-state index contributed by atoms with van der Waals surface area (Å²) in [6.45, 7) is 30.9. The molecule has 0 amide bonds. The van der Waals surface area contributed by atoms with E-state index in [1.165, 1.54) is 38.7 Å². The van der Waals surface area contributed by atoms with Crippen LogP contribution >= 0.6 is 7.92 Å². The molecule has 0 radical (unpaired) electrons. The molecule has 0 aliphatic carbocycles. The Balaban J connectivity index is 0.00000111. The molecule has 0 bridgehead atoms. The number of ether oxygens (including phenoxy) is 1. The maximum Gasteiger partial charge on any atom is 2.00 e. The molecule has 0 saturated heterocycles. The molecular weight excluding hydrogens is 788 g/mol. The summed E-state index contributed by atoms with van der Waals surface area (Å²) in [7, 11) is -2.85. The van der Waals surface area contributed by atoms with Crippen LogP contribution in [0.2, 0.25) is 0 Å². The maximum atomic E-state index is 9.19. The normalized spacial score (nSPS) is 11.6. The van der Waals surface area contributed by atoms with E-state index in [4.69, 9.17) is 15.0 Å². The van der Waals surface area contributed by atoms with Crippen molar-refractivity contribution in [1.82, 2.24) is 0 Å². The third-order valence-electron chi connectivity index (χ3n) is 8.65. The van der Waals surface area contributed by atoms with Gasteiger partial charge in [-0.05, 0) is 100 Å². The Labute approximate surface area is 339 Å². The molecule has 4 rings (SSSR count). The van der Waals surface area contributed by atoms with E-state index in [9.17, 15) is 8.42 Å². The SMILES string of the molecule is C.COc1ccc(C)c(-c2c(C(C)C)cc(C(C)C)cc2C(C)C)c1[PH+](C(C)(C)C)C(C)(C)C.CS(=O)(=O)O.[NH-]c1ccccc1-c1[c-]cccc1.[Pd+2]. The van der Waals surface area contributed by atoms with Gasteiger partial charge in [-0.2, -0.15) is 14.1 Å². The molecule has 0 aliphatic heterocycles. The van der Waals surface area contributed by atoms with Crippen molar-refractivity contribution >= 4 is 29.0 Å². The molecule has 53 heavy (non-hydrogen) atoms. The number of benzene rings is 4. The quantitative estimate of drug-likeness (QED) is 0.0868. The average Bonchev–Trinajstić information content (AvgIpc) is 2.99. The van der Waals surface area contributed by atoms with Crippen LogP contribution in [0.5, 0.6) is 5.75 Å². The zero-order valence-corrected chi connectivity index (χ0v) is 37.4. The van der Waals surface area contributed by atoms with E-state index in [1.807, 2.05) is 49.6 Å². The van der Waals surface area contributed by atoms with Crippen LogP contribution in [0.15, 0.2) is 72.8 Å². The van der Waals surface area contributed by atoms with Crippen LogP contribution in [0.1, 0.15) is 131 Å². The van der Waals surface area contributed by atoms with Crippen LogP contribution in [-0.4, -0.2) is 36.6 Å². The van der Waals surface area contributed by atoms with Crippen LogP contribution in [-0.2, 0) is 30.5 Å². The minimum atomic E-state index is -3.67. The zero-order chi connectivity index (χ0) is 39.1. The number of methoxy groups -OCH3 is 1. The fraction of sp³-hybridized carbons (Fsp3) is 0.467. The number of rotatable bonds is 7. The van der Waals surface area contributed by atoms with E-state index in [1.54, 1.807) is 6.07 Å². The van der Waals surface area contributed by atoms with Gasteiger partial charge >= 0.3 is 20.4 Å². The Morgan fingerprint density at radius 2 is 1.25 bits per heavy atom. The van der Waals surface area contributed by atoms with Crippen molar-refractivity contribution in [2.24, 2.45) is 0 Å². The smallest absolute Gasteiger partial charge is 0.706 e. The standard InChI is InChI=1S/C31H49OP.C12H9N.CH4O3S.CH4.Pd/c1-19(2)23-17-24(20(3)4)28(25(18-23)21(5)6)27-22(7)15-16-26(32-14)29(27)33(30(8,9)10)31(11,12)13;13-12-9-5-4-8-11(12)10-6-2-1-3-7-10;1-5(2,3)4;;/h15-21H,1-14H3;1-6,8-9,13H;1H3,(H,2,3,4);1H4;/q;-2;;;+2/p+1. The van der Waals surface area contributed by atoms with Crippen LogP contribution in [0.4, 0.5) is 5.69 Å². The summed E-state index contributed by atoms with van der Waals surface area (Å²) >= 11 is 0. The molecule has 0 heterocycles. The summed E-state index contributed by atoms with van der Waals surface area (Å²) in [5, 5.41) is 1.85. The monoisotopic (exact) mass is 854 g/mol. The van der Waals surface area contributed by atoms with Gasteiger partial charge < -0.3 is 10.5 Å². The fourth-order valence-electron chi connectivity index (χ4n) is 6.83. The van der Waals surface area contributed by atoms with Crippen molar-refractivity contribution in [2.45, 2.75) is 126 Å². The second kappa shape index (κ2) is 21.0. The predicted octanol–water partition coefficient (Wildman–Crippen LogP) is 13.5. The van der Waals surface area contributed by atoms with Crippen molar-refractivity contribution in [3.63, 3.8) is 0 Å². The third kappa shape index (κ3) is 14.6. The molecule has 5 nitrogen and oxygen atoms in total. The topological polar surface area (TPSA) is 87.4 Å². The number of nitrogens with one attached hydrogen (secondary N) is 1. The minimum absolute atomic E-state index is 0. The molecule has 0 aromatic heterocycles. The Morgan fingerprint density at radius 3 is 1.62 bits per heavy atom. The van der Waals surface area contributed by atoms with Crippen molar-refractivity contribution in [3.8, 4) is 28.0 Å². The summed E-state index contributed by atoms with van der Waals surface area (Å²) < 4.78 is 32.0. The summed E-state index contributed by atoms with van der Waals surface area (Å²) in [6, 6.07) is 27.8. The minimum Gasteiger partial charge on any atom is -0.706 e. The Morgan fingerprint density at radius 1 is 0.774 bits per heavy atom. The van der Waals surface area contributed by atoms with Crippen LogP contribution in [0, 0.1) is 13.0 Å². The average molecular weight is 855 g/mol. The third-order valence-corrected chi connectivity index (χ3v) is 12.7. The first-order valence-electron chi connectivity index (χ1n) is 17.8. The van der Waals surface area contributed by atoms with Gasteiger partial charge in [-0.15, -0.1) is 41.5 Å².